The summed E-state index contributed by atoms with van der Waals surface area (Å²) < 4.78 is 32.0. The number of aliphatic hydroxyl groups is 1. The molecular weight excluding hydrogens is 276 g/mol. The molecule has 0 aromatic heterocycles. The summed E-state index contributed by atoms with van der Waals surface area (Å²) in [7, 11) is 0. The smallest absolute Gasteiger partial charge is 0.129 e. The molecule has 112 valence electrons. The van der Waals surface area contributed by atoms with Gasteiger partial charge in [-0.1, -0.05) is 6.07 Å². The average Bonchev–Trinajstić information content (AvgIpc) is 2.48. The number of hydrogen-bond donors (Lipinski definition) is 2. The zero-order chi connectivity index (χ0) is 15.2. The highest BCUT2D eigenvalue weighted by molar-refractivity contribution is 5.48. The van der Waals surface area contributed by atoms with Crippen molar-refractivity contribution in [3.8, 4) is 5.75 Å². The Hall–Kier alpha value is -2.14. The van der Waals surface area contributed by atoms with Crippen LogP contribution < -0.4 is 10.1 Å². The first-order valence-corrected chi connectivity index (χ1v) is 6.70. The Balaban J connectivity index is 2.02. The highest BCUT2D eigenvalue weighted by atomic mass is 19.1. The zero-order valence-corrected chi connectivity index (χ0v) is 11.6. The standard InChI is InChI=1S/C16H17F2NO2/c1-2-21-13-5-3-4-12(9-13)19-10-16(20)14-8-11(17)6-7-15(14)18/h3-9,16,19-20H,2,10H2,1H3. The quantitative estimate of drug-likeness (QED) is 0.856. The maximum absolute atomic E-state index is 13.5. The molecule has 2 N–H and O–H groups in total. The molecule has 0 radical (unpaired) electrons. The van der Waals surface area contributed by atoms with Gasteiger partial charge >= 0.3 is 0 Å². The van der Waals surface area contributed by atoms with E-state index in [-0.39, 0.29) is 12.1 Å². The number of nitrogens with one attached hydrogen (secondary N) is 1. The van der Waals surface area contributed by atoms with Gasteiger partial charge in [-0.25, -0.2) is 8.78 Å². The minimum absolute atomic E-state index is 0.0654. The molecule has 1 atom stereocenters. The van der Waals surface area contributed by atoms with Crippen LogP contribution in [-0.2, 0) is 0 Å². The van der Waals surface area contributed by atoms with Crippen LogP contribution >= 0.6 is 0 Å². The summed E-state index contributed by atoms with van der Waals surface area (Å²) in [5, 5.41) is 12.9. The fourth-order valence-electron chi connectivity index (χ4n) is 1.96. The van der Waals surface area contributed by atoms with Gasteiger partial charge in [-0.3, -0.25) is 0 Å². The first-order valence-electron chi connectivity index (χ1n) is 6.70. The van der Waals surface area contributed by atoms with Crippen LogP contribution in [0.4, 0.5) is 14.5 Å². The molecule has 0 bridgehead atoms. The molecule has 0 aliphatic carbocycles. The van der Waals surface area contributed by atoms with Crippen molar-refractivity contribution in [2.24, 2.45) is 0 Å². The van der Waals surface area contributed by atoms with Crippen molar-refractivity contribution in [2.45, 2.75) is 13.0 Å². The monoisotopic (exact) mass is 293 g/mol. The predicted octanol–water partition coefficient (Wildman–Crippen LogP) is 3.51. The lowest BCUT2D eigenvalue weighted by Crippen LogP contribution is -2.13. The second-order valence-corrected chi connectivity index (χ2v) is 4.52. The second kappa shape index (κ2) is 7.04. The number of benzene rings is 2. The molecule has 0 saturated carbocycles. The highest BCUT2D eigenvalue weighted by Gasteiger charge is 2.13. The predicted molar refractivity (Wildman–Crippen MR) is 77.4 cm³/mol. The molecule has 2 rings (SSSR count). The van der Waals surface area contributed by atoms with Gasteiger partial charge in [-0.15, -0.1) is 0 Å². The van der Waals surface area contributed by atoms with Gasteiger partial charge in [0.1, 0.15) is 17.4 Å². The largest absolute Gasteiger partial charge is 0.494 e. The van der Waals surface area contributed by atoms with Gasteiger partial charge in [0.2, 0.25) is 0 Å². The van der Waals surface area contributed by atoms with E-state index in [0.29, 0.717) is 12.4 Å². The van der Waals surface area contributed by atoms with Gasteiger partial charge < -0.3 is 15.2 Å². The van der Waals surface area contributed by atoms with E-state index in [9.17, 15) is 13.9 Å². The van der Waals surface area contributed by atoms with E-state index in [1.165, 1.54) is 0 Å². The third kappa shape index (κ3) is 4.16. The fraction of sp³-hybridized carbons (Fsp3) is 0.250. The van der Waals surface area contributed by atoms with Gasteiger partial charge in [-0.2, -0.15) is 0 Å². The van der Waals surface area contributed by atoms with Crippen molar-refractivity contribution < 1.29 is 18.6 Å². The minimum atomic E-state index is -1.14. The van der Waals surface area contributed by atoms with Crippen molar-refractivity contribution in [1.29, 1.82) is 0 Å². The molecule has 1 unspecified atom stereocenters. The van der Waals surface area contributed by atoms with Crippen LogP contribution in [0, 0.1) is 11.6 Å². The molecule has 3 nitrogen and oxygen atoms in total. The average molecular weight is 293 g/mol. The molecule has 21 heavy (non-hydrogen) atoms. The molecule has 5 heteroatoms. The topological polar surface area (TPSA) is 41.5 Å². The van der Waals surface area contributed by atoms with E-state index < -0.39 is 17.7 Å². The van der Waals surface area contributed by atoms with Gasteiger partial charge in [-0.05, 0) is 37.3 Å². The lowest BCUT2D eigenvalue weighted by atomic mass is 10.1. The number of halogens is 2. The first kappa shape index (κ1) is 15.3. The van der Waals surface area contributed by atoms with Crippen molar-refractivity contribution in [1.82, 2.24) is 0 Å². The van der Waals surface area contributed by atoms with E-state index in [1.54, 1.807) is 12.1 Å². The van der Waals surface area contributed by atoms with Crippen LogP contribution in [0.15, 0.2) is 42.5 Å². The zero-order valence-electron chi connectivity index (χ0n) is 11.6. The Bertz CT molecular complexity index is 605. The lowest BCUT2D eigenvalue weighted by molar-refractivity contribution is 0.186. The summed E-state index contributed by atoms with van der Waals surface area (Å²) in [5.74, 6) is -0.508. The first-order chi connectivity index (χ1) is 10.1. The Morgan fingerprint density at radius 1 is 1.19 bits per heavy atom. The van der Waals surface area contributed by atoms with Crippen LogP contribution in [0.5, 0.6) is 5.75 Å². The van der Waals surface area contributed by atoms with Crippen LogP contribution in [0.3, 0.4) is 0 Å². The van der Waals surface area contributed by atoms with Gasteiger partial charge in [0.25, 0.3) is 0 Å². The van der Waals surface area contributed by atoms with E-state index in [0.717, 1.165) is 23.9 Å². The van der Waals surface area contributed by atoms with E-state index >= 15 is 0 Å². The fourth-order valence-corrected chi connectivity index (χ4v) is 1.96. The van der Waals surface area contributed by atoms with E-state index in [4.69, 9.17) is 4.74 Å². The van der Waals surface area contributed by atoms with Crippen LogP contribution in [0.25, 0.3) is 0 Å². The molecule has 0 fully saturated rings. The Morgan fingerprint density at radius 2 is 2.00 bits per heavy atom. The number of aliphatic hydroxyl groups excluding tert-OH is 1. The molecule has 0 spiro atoms. The number of ether oxygens (including phenoxy) is 1. The summed E-state index contributed by atoms with van der Waals surface area (Å²) >= 11 is 0. The SMILES string of the molecule is CCOc1cccc(NCC(O)c2cc(F)ccc2F)c1. The normalized spacial score (nSPS) is 12.0. The molecule has 2 aromatic rings. The second-order valence-electron chi connectivity index (χ2n) is 4.52. The van der Waals surface area contributed by atoms with Crippen molar-refractivity contribution >= 4 is 5.69 Å². The Labute approximate surface area is 122 Å². The highest BCUT2D eigenvalue weighted by Crippen LogP contribution is 2.21. The van der Waals surface area contributed by atoms with Gasteiger partial charge in [0, 0.05) is 23.9 Å². The minimum Gasteiger partial charge on any atom is -0.494 e. The summed E-state index contributed by atoms with van der Waals surface area (Å²) in [6, 6.07) is 10.2. The molecular formula is C16H17F2NO2. The third-order valence-electron chi connectivity index (χ3n) is 2.96. The molecule has 0 saturated heterocycles. The number of hydrogen-bond acceptors (Lipinski definition) is 3. The molecule has 0 aliphatic heterocycles. The summed E-state index contributed by atoms with van der Waals surface area (Å²) in [6.45, 7) is 2.51. The van der Waals surface area contributed by atoms with Crippen molar-refractivity contribution in [3.63, 3.8) is 0 Å². The maximum Gasteiger partial charge on any atom is 0.129 e. The lowest BCUT2D eigenvalue weighted by Gasteiger charge is -2.14. The number of anilines is 1. The molecule has 0 amide bonds. The third-order valence-corrected chi connectivity index (χ3v) is 2.96. The van der Waals surface area contributed by atoms with E-state index in [2.05, 4.69) is 5.32 Å². The van der Waals surface area contributed by atoms with E-state index in [1.807, 2.05) is 19.1 Å². The summed E-state index contributed by atoms with van der Waals surface area (Å²) in [4.78, 5) is 0. The Kier molecular flexibility index (Phi) is 5.11. The van der Waals surface area contributed by atoms with Crippen LogP contribution in [0.2, 0.25) is 0 Å². The van der Waals surface area contributed by atoms with Crippen molar-refractivity contribution in [3.05, 3.63) is 59.7 Å². The van der Waals surface area contributed by atoms with Gasteiger partial charge in [0.15, 0.2) is 0 Å². The summed E-state index contributed by atoms with van der Waals surface area (Å²) in [6.07, 6.45) is -1.14. The summed E-state index contributed by atoms with van der Waals surface area (Å²) in [5.41, 5.74) is 0.667. The Morgan fingerprint density at radius 3 is 2.76 bits per heavy atom. The van der Waals surface area contributed by atoms with Crippen LogP contribution in [-0.4, -0.2) is 18.3 Å². The molecule has 2 aromatic carbocycles. The molecule has 0 aliphatic rings. The molecule has 0 heterocycles. The van der Waals surface area contributed by atoms with Crippen molar-refractivity contribution in [2.75, 3.05) is 18.5 Å². The maximum atomic E-state index is 13.5. The van der Waals surface area contributed by atoms with Crippen LogP contribution in [0.1, 0.15) is 18.6 Å². The van der Waals surface area contributed by atoms with Gasteiger partial charge in [0.05, 0.1) is 12.7 Å². The number of rotatable bonds is 6.